The lowest BCUT2D eigenvalue weighted by molar-refractivity contribution is 0.103. The van der Waals surface area contributed by atoms with Crippen LogP contribution in [0.4, 0.5) is 4.39 Å². The van der Waals surface area contributed by atoms with Crippen LogP contribution in [-0.2, 0) is 0 Å². The molecular weight excluding hydrogens is 267 g/mol. The molecular formula is C15H12ClFO2. The number of carbonyl (C=O) groups is 1. The van der Waals surface area contributed by atoms with Crippen LogP contribution in [0.2, 0.25) is 5.02 Å². The summed E-state index contributed by atoms with van der Waals surface area (Å²) in [6, 6.07) is 8.98. The predicted molar refractivity (Wildman–Crippen MR) is 72.6 cm³/mol. The fourth-order valence-electron chi connectivity index (χ4n) is 1.83. The average Bonchev–Trinajstić information content (AvgIpc) is 2.41. The fourth-order valence-corrected chi connectivity index (χ4v) is 2.04. The molecule has 2 aromatic rings. The van der Waals surface area contributed by atoms with Crippen LogP contribution in [0.15, 0.2) is 36.4 Å². The van der Waals surface area contributed by atoms with Crippen molar-refractivity contribution in [3.05, 3.63) is 63.9 Å². The van der Waals surface area contributed by atoms with Crippen molar-refractivity contribution in [3.8, 4) is 5.75 Å². The van der Waals surface area contributed by atoms with Crippen molar-refractivity contribution in [1.82, 2.24) is 0 Å². The van der Waals surface area contributed by atoms with Crippen molar-refractivity contribution >= 4 is 17.4 Å². The Hall–Kier alpha value is -1.87. The quantitative estimate of drug-likeness (QED) is 0.793. The van der Waals surface area contributed by atoms with E-state index >= 15 is 0 Å². The van der Waals surface area contributed by atoms with Gasteiger partial charge >= 0.3 is 0 Å². The van der Waals surface area contributed by atoms with E-state index in [-0.39, 0.29) is 11.3 Å². The van der Waals surface area contributed by atoms with Crippen LogP contribution in [0.3, 0.4) is 0 Å². The molecule has 98 valence electrons. The number of hydrogen-bond acceptors (Lipinski definition) is 2. The molecule has 19 heavy (non-hydrogen) atoms. The van der Waals surface area contributed by atoms with Crippen molar-refractivity contribution in [1.29, 1.82) is 0 Å². The molecule has 0 aromatic heterocycles. The summed E-state index contributed by atoms with van der Waals surface area (Å²) in [6.07, 6.45) is 0. The van der Waals surface area contributed by atoms with Crippen molar-refractivity contribution in [2.24, 2.45) is 0 Å². The first kappa shape index (κ1) is 13.6. The van der Waals surface area contributed by atoms with Crippen LogP contribution in [-0.4, -0.2) is 12.9 Å². The molecule has 0 amide bonds. The highest BCUT2D eigenvalue weighted by atomic mass is 35.5. The van der Waals surface area contributed by atoms with Crippen molar-refractivity contribution in [2.75, 3.05) is 7.11 Å². The molecule has 0 N–H and O–H groups in total. The summed E-state index contributed by atoms with van der Waals surface area (Å²) in [5.41, 5.74) is 1.29. The van der Waals surface area contributed by atoms with Gasteiger partial charge in [-0.1, -0.05) is 23.7 Å². The minimum atomic E-state index is -0.493. The third-order valence-electron chi connectivity index (χ3n) is 2.84. The second-order valence-corrected chi connectivity index (χ2v) is 4.49. The van der Waals surface area contributed by atoms with E-state index in [1.165, 1.54) is 19.2 Å². The molecule has 0 heterocycles. The second kappa shape index (κ2) is 5.41. The molecule has 0 fully saturated rings. The van der Waals surface area contributed by atoms with Crippen LogP contribution in [0.25, 0.3) is 0 Å². The van der Waals surface area contributed by atoms with Crippen molar-refractivity contribution < 1.29 is 13.9 Å². The molecule has 0 spiro atoms. The van der Waals surface area contributed by atoms with E-state index < -0.39 is 5.82 Å². The van der Waals surface area contributed by atoms with E-state index in [2.05, 4.69) is 0 Å². The average molecular weight is 279 g/mol. The molecule has 0 aliphatic carbocycles. The van der Waals surface area contributed by atoms with Gasteiger partial charge in [0.1, 0.15) is 11.6 Å². The lowest BCUT2D eigenvalue weighted by Crippen LogP contribution is -2.06. The van der Waals surface area contributed by atoms with Gasteiger partial charge in [-0.25, -0.2) is 4.39 Å². The summed E-state index contributed by atoms with van der Waals surface area (Å²) < 4.78 is 18.4. The highest BCUT2D eigenvalue weighted by molar-refractivity contribution is 6.35. The summed E-state index contributed by atoms with van der Waals surface area (Å²) in [5, 5.41) is 0.374. The van der Waals surface area contributed by atoms with Gasteiger partial charge in [-0.05, 0) is 36.8 Å². The van der Waals surface area contributed by atoms with E-state index in [4.69, 9.17) is 16.3 Å². The van der Waals surface area contributed by atoms with Crippen LogP contribution in [0.1, 0.15) is 21.5 Å². The number of carbonyl (C=O) groups excluding carboxylic acids is 1. The zero-order valence-corrected chi connectivity index (χ0v) is 11.3. The number of ether oxygens (including phenoxy) is 1. The third kappa shape index (κ3) is 2.61. The zero-order chi connectivity index (χ0) is 14.0. The first-order chi connectivity index (χ1) is 9.04. The van der Waals surface area contributed by atoms with Gasteiger partial charge in [0.15, 0.2) is 5.78 Å². The van der Waals surface area contributed by atoms with Crippen LogP contribution in [0, 0.1) is 12.7 Å². The second-order valence-electron chi connectivity index (χ2n) is 4.11. The number of rotatable bonds is 3. The maximum atomic E-state index is 13.3. The topological polar surface area (TPSA) is 26.3 Å². The Balaban J connectivity index is 2.56. The largest absolute Gasteiger partial charge is 0.496 e. The number of ketones is 1. The molecule has 0 bridgehead atoms. The molecule has 2 aromatic carbocycles. The lowest BCUT2D eigenvalue weighted by Gasteiger charge is -2.10. The molecule has 2 nitrogen and oxygen atoms in total. The monoisotopic (exact) mass is 278 g/mol. The van der Waals surface area contributed by atoms with E-state index in [0.717, 1.165) is 11.6 Å². The van der Waals surface area contributed by atoms with Crippen LogP contribution < -0.4 is 4.74 Å². The van der Waals surface area contributed by atoms with Gasteiger partial charge in [0.25, 0.3) is 0 Å². The first-order valence-corrected chi connectivity index (χ1v) is 6.05. The summed E-state index contributed by atoms with van der Waals surface area (Å²) in [5.74, 6) is -0.526. The highest BCUT2D eigenvalue weighted by Gasteiger charge is 2.18. The Bertz CT molecular complexity index is 638. The molecule has 0 radical (unpaired) electrons. The Kier molecular flexibility index (Phi) is 3.86. The summed E-state index contributed by atoms with van der Waals surface area (Å²) in [4.78, 5) is 12.4. The summed E-state index contributed by atoms with van der Waals surface area (Å²) >= 11 is 6.12. The number of halogens is 2. The van der Waals surface area contributed by atoms with Crippen LogP contribution in [0.5, 0.6) is 5.75 Å². The number of aryl methyl sites for hydroxylation is 1. The number of benzene rings is 2. The molecule has 0 unspecified atom stereocenters. The van der Waals surface area contributed by atoms with E-state index in [1.807, 2.05) is 13.0 Å². The smallest absolute Gasteiger partial charge is 0.198 e. The van der Waals surface area contributed by atoms with Crippen molar-refractivity contribution in [3.63, 3.8) is 0 Å². The van der Waals surface area contributed by atoms with Gasteiger partial charge in [-0.3, -0.25) is 4.79 Å². The molecule has 0 atom stereocenters. The Labute approximate surface area is 115 Å². The Morgan fingerprint density at radius 2 is 1.95 bits per heavy atom. The summed E-state index contributed by atoms with van der Waals surface area (Å²) in [6.45, 7) is 1.81. The fraction of sp³-hybridized carbons (Fsp3) is 0.133. The highest BCUT2D eigenvalue weighted by Crippen LogP contribution is 2.27. The Morgan fingerprint density at radius 1 is 1.21 bits per heavy atom. The third-order valence-corrected chi connectivity index (χ3v) is 3.34. The van der Waals surface area contributed by atoms with Gasteiger partial charge in [0.2, 0.25) is 0 Å². The van der Waals surface area contributed by atoms with E-state index in [1.54, 1.807) is 12.1 Å². The van der Waals surface area contributed by atoms with Gasteiger partial charge < -0.3 is 4.74 Å². The molecule has 0 saturated carbocycles. The van der Waals surface area contributed by atoms with E-state index in [9.17, 15) is 9.18 Å². The van der Waals surface area contributed by atoms with E-state index in [0.29, 0.717) is 16.3 Å². The lowest BCUT2D eigenvalue weighted by atomic mass is 10.0. The molecule has 4 heteroatoms. The normalized spacial score (nSPS) is 10.3. The summed E-state index contributed by atoms with van der Waals surface area (Å²) in [7, 11) is 1.43. The SMILES string of the molecule is COc1ccc(F)cc1C(=O)c1cccc(C)c1Cl. The predicted octanol–water partition coefficient (Wildman–Crippen LogP) is 4.03. The maximum absolute atomic E-state index is 13.3. The first-order valence-electron chi connectivity index (χ1n) is 5.68. The van der Waals surface area contributed by atoms with Gasteiger partial charge in [0.05, 0.1) is 17.7 Å². The maximum Gasteiger partial charge on any atom is 0.198 e. The van der Waals surface area contributed by atoms with Gasteiger partial charge in [-0.15, -0.1) is 0 Å². The molecule has 0 aliphatic heterocycles. The number of methoxy groups -OCH3 is 1. The standard InChI is InChI=1S/C15H12ClFO2/c1-9-4-3-5-11(14(9)16)15(18)12-8-10(17)6-7-13(12)19-2/h3-8H,1-2H3. The molecule has 0 aliphatic rings. The Morgan fingerprint density at radius 3 is 2.63 bits per heavy atom. The van der Waals surface area contributed by atoms with Crippen LogP contribution >= 0.6 is 11.6 Å². The number of hydrogen-bond donors (Lipinski definition) is 0. The zero-order valence-electron chi connectivity index (χ0n) is 10.5. The molecule has 0 saturated heterocycles. The minimum absolute atomic E-state index is 0.162. The van der Waals surface area contributed by atoms with Gasteiger partial charge in [0, 0.05) is 5.56 Å². The minimum Gasteiger partial charge on any atom is -0.496 e. The van der Waals surface area contributed by atoms with Crippen molar-refractivity contribution in [2.45, 2.75) is 6.92 Å². The van der Waals surface area contributed by atoms with Gasteiger partial charge in [-0.2, -0.15) is 0 Å². The molecule has 2 rings (SSSR count).